The van der Waals surface area contributed by atoms with Gasteiger partial charge in [-0.05, 0) is 43.5 Å². The van der Waals surface area contributed by atoms with Crippen molar-refractivity contribution in [1.29, 1.82) is 0 Å². The van der Waals surface area contributed by atoms with E-state index in [9.17, 15) is 4.79 Å². The summed E-state index contributed by atoms with van der Waals surface area (Å²) in [6.45, 7) is 2.07. The Morgan fingerprint density at radius 3 is 2.48 bits per heavy atom. The van der Waals surface area contributed by atoms with Gasteiger partial charge in [0.05, 0.1) is 12.8 Å². The van der Waals surface area contributed by atoms with Crippen molar-refractivity contribution >= 4 is 29.7 Å². The van der Waals surface area contributed by atoms with Crippen molar-refractivity contribution in [3.8, 4) is 5.75 Å². The maximum absolute atomic E-state index is 11.9. The number of amides is 1. The van der Waals surface area contributed by atoms with E-state index < -0.39 is 0 Å². The predicted molar refractivity (Wildman–Crippen MR) is 97.4 cm³/mol. The Hall–Kier alpha value is -2.20. The highest BCUT2D eigenvalue weighted by Crippen LogP contribution is 2.24. The van der Waals surface area contributed by atoms with Crippen LogP contribution in [0, 0.1) is 6.92 Å². The van der Waals surface area contributed by atoms with Crippen LogP contribution in [-0.2, 0) is 11.2 Å². The second-order valence-corrected chi connectivity index (χ2v) is 5.34. The number of nitrogen functional groups attached to an aromatic ring is 1. The third-order valence-corrected chi connectivity index (χ3v) is 3.50. The standard InChI is InChI=1S/C18H22N2O2.ClH/c1-13-6-8-14(9-7-13)4-3-5-18(21)20-15-10-11-17(22-2)16(19)12-15;/h6-12H,3-5,19H2,1-2H3,(H,20,21);1H. The van der Waals surface area contributed by atoms with Gasteiger partial charge in [0.25, 0.3) is 0 Å². The average Bonchev–Trinajstić information content (AvgIpc) is 2.49. The van der Waals surface area contributed by atoms with Crippen molar-refractivity contribution in [2.75, 3.05) is 18.2 Å². The van der Waals surface area contributed by atoms with Crippen molar-refractivity contribution in [2.45, 2.75) is 26.2 Å². The summed E-state index contributed by atoms with van der Waals surface area (Å²) in [5, 5.41) is 2.85. The lowest BCUT2D eigenvalue weighted by Crippen LogP contribution is -2.11. The summed E-state index contributed by atoms with van der Waals surface area (Å²) in [5.41, 5.74) is 9.53. The minimum atomic E-state index is -0.00308. The van der Waals surface area contributed by atoms with E-state index >= 15 is 0 Å². The molecule has 0 saturated carbocycles. The van der Waals surface area contributed by atoms with Crippen LogP contribution in [0.15, 0.2) is 42.5 Å². The maximum atomic E-state index is 11.9. The van der Waals surface area contributed by atoms with Crippen molar-refractivity contribution in [1.82, 2.24) is 0 Å². The highest BCUT2D eigenvalue weighted by molar-refractivity contribution is 5.91. The van der Waals surface area contributed by atoms with Crippen molar-refractivity contribution in [2.24, 2.45) is 0 Å². The number of anilines is 2. The molecule has 0 bridgehead atoms. The largest absolute Gasteiger partial charge is 0.495 e. The molecular formula is C18H23ClN2O2. The topological polar surface area (TPSA) is 64.3 Å². The molecule has 2 aromatic carbocycles. The summed E-state index contributed by atoms with van der Waals surface area (Å²) in [5.74, 6) is 0.606. The van der Waals surface area contributed by atoms with Crippen LogP contribution in [0.3, 0.4) is 0 Å². The van der Waals surface area contributed by atoms with Crippen molar-refractivity contribution < 1.29 is 9.53 Å². The number of carbonyl (C=O) groups excluding carboxylic acids is 1. The van der Waals surface area contributed by atoms with Crippen LogP contribution >= 0.6 is 12.4 Å². The molecule has 0 fully saturated rings. The van der Waals surface area contributed by atoms with Crippen LogP contribution < -0.4 is 15.8 Å². The van der Waals surface area contributed by atoms with Crippen LogP contribution in [0.4, 0.5) is 11.4 Å². The number of aryl methyl sites for hydroxylation is 2. The zero-order chi connectivity index (χ0) is 15.9. The SMILES string of the molecule is COc1ccc(NC(=O)CCCc2ccc(C)cc2)cc1N.Cl. The number of nitrogens with two attached hydrogens (primary N) is 1. The summed E-state index contributed by atoms with van der Waals surface area (Å²) < 4.78 is 5.09. The zero-order valence-corrected chi connectivity index (χ0v) is 14.3. The normalized spacial score (nSPS) is 9.83. The third-order valence-electron chi connectivity index (χ3n) is 3.50. The number of halogens is 1. The minimum Gasteiger partial charge on any atom is -0.495 e. The van der Waals surface area contributed by atoms with Crippen LogP contribution in [-0.4, -0.2) is 13.0 Å². The Bertz CT molecular complexity index is 642. The first-order valence-corrected chi connectivity index (χ1v) is 7.37. The highest BCUT2D eigenvalue weighted by Gasteiger charge is 2.05. The first kappa shape index (κ1) is 18.8. The van der Waals surface area contributed by atoms with E-state index in [2.05, 4.69) is 36.5 Å². The molecule has 0 aromatic heterocycles. The van der Waals surface area contributed by atoms with E-state index in [4.69, 9.17) is 10.5 Å². The molecule has 0 atom stereocenters. The fourth-order valence-corrected chi connectivity index (χ4v) is 2.24. The Morgan fingerprint density at radius 2 is 1.87 bits per heavy atom. The van der Waals surface area contributed by atoms with Gasteiger partial charge < -0.3 is 15.8 Å². The fourth-order valence-electron chi connectivity index (χ4n) is 2.24. The predicted octanol–water partition coefficient (Wildman–Crippen LogP) is 3.97. The summed E-state index contributed by atoms with van der Waals surface area (Å²) in [6.07, 6.45) is 2.21. The molecular weight excluding hydrogens is 312 g/mol. The van der Waals surface area contributed by atoms with Crippen molar-refractivity contribution in [3.05, 3.63) is 53.6 Å². The lowest BCUT2D eigenvalue weighted by molar-refractivity contribution is -0.116. The van der Waals surface area contributed by atoms with Gasteiger partial charge in [0, 0.05) is 12.1 Å². The second kappa shape index (κ2) is 9.06. The highest BCUT2D eigenvalue weighted by atomic mass is 35.5. The lowest BCUT2D eigenvalue weighted by Gasteiger charge is -2.09. The summed E-state index contributed by atoms with van der Waals surface area (Å²) >= 11 is 0. The molecule has 5 heteroatoms. The van der Waals surface area contributed by atoms with E-state index in [0.29, 0.717) is 23.5 Å². The molecule has 0 unspecified atom stereocenters. The number of hydrogen-bond acceptors (Lipinski definition) is 3. The summed E-state index contributed by atoms with van der Waals surface area (Å²) in [7, 11) is 1.56. The van der Waals surface area contributed by atoms with E-state index in [0.717, 1.165) is 12.8 Å². The zero-order valence-electron chi connectivity index (χ0n) is 13.5. The van der Waals surface area contributed by atoms with Crippen molar-refractivity contribution in [3.63, 3.8) is 0 Å². The quantitative estimate of drug-likeness (QED) is 0.786. The average molecular weight is 335 g/mol. The molecule has 0 spiro atoms. The van der Waals surface area contributed by atoms with Gasteiger partial charge in [0.15, 0.2) is 0 Å². The van der Waals surface area contributed by atoms with Gasteiger partial charge in [-0.3, -0.25) is 4.79 Å². The molecule has 3 N–H and O–H groups in total. The Morgan fingerprint density at radius 1 is 1.17 bits per heavy atom. The Balaban J connectivity index is 0.00000264. The molecule has 4 nitrogen and oxygen atoms in total. The van der Waals surface area contributed by atoms with Gasteiger partial charge >= 0.3 is 0 Å². The first-order chi connectivity index (χ1) is 10.6. The smallest absolute Gasteiger partial charge is 0.224 e. The van der Waals surface area contributed by atoms with Gasteiger partial charge in [-0.1, -0.05) is 29.8 Å². The number of methoxy groups -OCH3 is 1. The van der Waals surface area contributed by atoms with E-state index in [1.807, 2.05) is 0 Å². The molecule has 124 valence electrons. The number of nitrogens with one attached hydrogen (secondary N) is 1. The van der Waals surface area contributed by atoms with Crippen LogP contribution in [0.1, 0.15) is 24.0 Å². The van der Waals surface area contributed by atoms with Crippen LogP contribution in [0.25, 0.3) is 0 Å². The number of hydrogen-bond donors (Lipinski definition) is 2. The molecule has 0 radical (unpaired) electrons. The second-order valence-electron chi connectivity index (χ2n) is 5.34. The molecule has 2 rings (SSSR count). The van der Waals surface area contributed by atoms with E-state index in [-0.39, 0.29) is 18.3 Å². The fraction of sp³-hybridized carbons (Fsp3) is 0.278. The molecule has 0 saturated heterocycles. The Labute approximate surface area is 143 Å². The van der Waals surface area contributed by atoms with Gasteiger partial charge in [0.1, 0.15) is 5.75 Å². The van der Waals surface area contributed by atoms with Gasteiger partial charge in [-0.2, -0.15) is 0 Å². The van der Waals surface area contributed by atoms with Gasteiger partial charge in [-0.15, -0.1) is 12.4 Å². The van der Waals surface area contributed by atoms with Crippen LogP contribution in [0.2, 0.25) is 0 Å². The third kappa shape index (κ3) is 5.83. The molecule has 2 aromatic rings. The number of carbonyl (C=O) groups is 1. The maximum Gasteiger partial charge on any atom is 0.224 e. The number of rotatable bonds is 6. The van der Waals surface area contributed by atoms with E-state index in [1.54, 1.807) is 25.3 Å². The summed E-state index contributed by atoms with van der Waals surface area (Å²) in [6, 6.07) is 13.6. The summed E-state index contributed by atoms with van der Waals surface area (Å²) in [4.78, 5) is 11.9. The molecule has 1 amide bonds. The minimum absolute atomic E-state index is 0. The van der Waals surface area contributed by atoms with Gasteiger partial charge in [0.2, 0.25) is 5.91 Å². The van der Waals surface area contributed by atoms with Crippen LogP contribution in [0.5, 0.6) is 5.75 Å². The lowest BCUT2D eigenvalue weighted by atomic mass is 10.1. The van der Waals surface area contributed by atoms with Gasteiger partial charge in [-0.25, -0.2) is 0 Å². The monoisotopic (exact) mass is 334 g/mol. The number of ether oxygens (including phenoxy) is 1. The molecule has 23 heavy (non-hydrogen) atoms. The molecule has 0 heterocycles. The molecule has 0 aliphatic heterocycles. The first-order valence-electron chi connectivity index (χ1n) is 7.37. The molecule has 0 aliphatic rings. The molecule has 0 aliphatic carbocycles. The Kier molecular flexibility index (Phi) is 7.42. The van der Waals surface area contributed by atoms with E-state index in [1.165, 1.54) is 11.1 Å². The number of benzene rings is 2.